The van der Waals surface area contributed by atoms with Crippen molar-refractivity contribution < 1.29 is 4.79 Å². The summed E-state index contributed by atoms with van der Waals surface area (Å²) in [5.74, 6) is 1.39. The van der Waals surface area contributed by atoms with Crippen LogP contribution in [-0.2, 0) is 18.4 Å². The van der Waals surface area contributed by atoms with E-state index in [-0.39, 0.29) is 11.2 Å². The topological polar surface area (TPSA) is 81.7 Å². The SMILES string of the molecule is Cc1cc(N2CC[C@H](Sc3nnnn3CC(C)C)C2=O)n(C)n1. The molecule has 0 bridgehead atoms. The Morgan fingerprint density at radius 3 is 2.87 bits per heavy atom. The van der Waals surface area contributed by atoms with Gasteiger partial charge in [0.15, 0.2) is 0 Å². The second-order valence-corrected chi connectivity index (χ2v) is 7.36. The van der Waals surface area contributed by atoms with Crippen molar-refractivity contribution in [2.24, 2.45) is 13.0 Å². The lowest BCUT2D eigenvalue weighted by molar-refractivity contribution is -0.116. The molecule has 124 valence electrons. The molecule has 0 N–H and O–H groups in total. The Labute approximate surface area is 139 Å². The largest absolute Gasteiger partial charge is 0.296 e. The van der Waals surface area contributed by atoms with Gasteiger partial charge < -0.3 is 0 Å². The Morgan fingerprint density at radius 1 is 1.43 bits per heavy atom. The zero-order valence-electron chi connectivity index (χ0n) is 13.8. The van der Waals surface area contributed by atoms with Crippen molar-refractivity contribution in [1.29, 1.82) is 0 Å². The number of rotatable bonds is 5. The summed E-state index contributed by atoms with van der Waals surface area (Å²) >= 11 is 1.45. The molecule has 2 aromatic heterocycles. The van der Waals surface area contributed by atoms with Crippen LogP contribution in [0.4, 0.5) is 5.82 Å². The molecule has 2 aromatic rings. The van der Waals surface area contributed by atoms with Gasteiger partial charge in [-0.1, -0.05) is 25.6 Å². The van der Waals surface area contributed by atoms with Crippen molar-refractivity contribution >= 4 is 23.5 Å². The number of nitrogens with zero attached hydrogens (tertiary/aromatic N) is 7. The molecule has 1 amide bonds. The van der Waals surface area contributed by atoms with E-state index in [1.54, 1.807) is 14.3 Å². The number of hydrogen-bond donors (Lipinski definition) is 0. The molecular formula is C14H21N7OS. The lowest BCUT2D eigenvalue weighted by atomic mass is 10.2. The molecule has 0 unspecified atom stereocenters. The van der Waals surface area contributed by atoms with Gasteiger partial charge in [-0.25, -0.2) is 4.68 Å². The highest BCUT2D eigenvalue weighted by atomic mass is 32.2. The first-order valence-electron chi connectivity index (χ1n) is 7.70. The quantitative estimate of drug-likeness (QED) is 0.818. The van der Waals surface area contributed by atoms with Crippen LogP contribution in [0, 0.1) is 12.8 Å². The number of thioether (sulfide) groups is 1. The summed E-state index contributed by atoms with van der Waals surface area (Å²) in [6.07, 6.45) is 0.780. The summed E-state index contributed by atoms with van der Waals surface area (Å²) < 4.78 is 3.53. The number of aromatic nitrogens is 6. The monoisotopic (exact) mass is 335 g/mol. The Kier molecular flexibility index (Phi) is 4.38. The second-order valence-electron chi connectivity index (χ2n) is 6.19. The van der Waals surface area contributed by atoms with Crippen LogP contribution in [0.1, 0.15) is 26.0 Å². The van der Waals surface area contributed by atoms with E-state index in [0.29, 0.717) is 17.6 Å². The van der Waals surface area contributed by atoms with Gasteiger partial charge in [-0.15, -0.1) is 5.10 Å². The predicted octanol–water partition coefficient (Wildman–Crippen LogP) is 1.27. The summed E-state index contributed by atoms with van der Waals surface area (Å²) in [5, 5.41) is 16.7. The summed E-state index contributed by atoms with van der Waals surface area (Å²) in [4.78, 5) is 14.5. The Bertz CT molecular complexity index is 708. The molecule has 8 nitrogen and oxygen atoms in total. The molecule has 0 aliphatic carbocycles. The highest BCUT2D eigenvalue weighted by Gasteiger charge is 2.36. The molecule has 1 saturated heterocycles. The number of tetrazole rings is 1. The number of carbonyl (C=O) groups excluding carboxylic acids is 1. The van der Waals surface area contributed by atoms with Crippen LogP contribution in [0.25, 0.3) is 0 Å². The van der Waals surface area contributed by atoms with E-state index in [1.165, 1.54) is 11.8 Å². The highest BCUT2D eigenvalue weighted by molar-refractivity contribution is 8.00. The van der Waals surface area contributed by atoms with Crippen molar-refractivity contribution in [2.75, 3.05) is 11.4 Å². The van der Waals surface area contributed by atoms with Crippen LogP contribution in [0.2, 0.25) is 0 Å². The zero-order valence-corrected chi connectivity index (χ0v) is 14.6. The third-order valence-electron chi connectivity index (χ3n) is 3.69. The summed E-state index contributed by atoms with van der Waals surface area (Å²) in [6.45, 7) is 7.60. The minimum Gasteiger partial charge on any atom is -0.296 e. The summed E-state index contributed by atoms with van der Waals surface area (Å²) in [6, 6.07) is 1.94. The minimum atomic E-state index is -0.151. The third-order valence-corrected chi connectivity index (χ3v) is 4.92. The molecule has 23 heavy (non-hydrogen) atoms. The first-order valence-corrected chi connectivity index (χ1v) is 8.58. The lowest BCUT2D eigenvalue weighted by Gasteiger charge is -2.16. The lowest BCUT2D eigenvalue weighted by Crippen LogP contribution is -2.29. The molecular weight excluding hydrogens is 314 g/mol. The van der Waals surface area contributed by atoms with E-state index < -0.39 is 0 Å². The highest BCUT2D eigenvalue weighted by Crippen LogP contribution is 2.32. The van der Waals surface area contributed by atoms with Gasteiger partial charge in [0, 0.05) is 26.2 Å². The molecule has 0 spiro atoms. The number of hydrogen-bond acceptors (Lipinski definition) is 6. The van der Waals surface area contributed by atoms with Gasteiger partial charge in [0.1, 0.15) is 5.82 Å². The van der Waals surface area contributed by atoms with Crippen LogP contribution < -0.4 is 4.90 Å². The van der Waals surface area contributed by atoms with Crippen molar-refractivity contribution in [2.45, 2.75) is 44.1 Å². The van der Waals surface area contributed by atoms with Gasteiger partial charge in [-0.05, 0) is 29.7 Å². The van der Waals surface area contributed by atoms with Crippen LogP contribution >= 0.6 is 11.8 Å². The minimum absolute atomic E-state index is 0.0945. The molecule has 3 rings (SSSR count). The summed E-state index contributed by atoms with van der Waals surface area (Å²) in [7, 11) is 1.86. The fourth-order valence-corrected chi connectivity index (χ4v) is 3.73. The van der Waals surface area contributed by atoms with Crippen molar-refractivity contribution in [3.05, 3.63) is 11.8 Å². The average Bonchev–Trinajstić information content (AvgIpc) is 3.13. The number of carbonyl (C=O) groups is 1. The molecule has 9 heteroatoms. The van der Waals surface area contributed by atoms with E-state index in [4.69, 9.17) is 0 Å². The fourth-order valence-electron chi connectivity index (χ4n) is 2.71. The maximum atomic E-state index is 12.7. The van der Waals surface area contributed by atoms with Gasteiger partial charge in [-0.3, -0.25) is 14.4 Å². The van der Waals surface area contributed by atoms with Crippen LogP contribution in [0.5, 0.6) is 0 Å². The van der Waals surface area contributed by atoms with Crippen molar-refractivity contribution in [1.82, 2.24) is 30.0 Å². The van der Waals surface area contributed by atoms with Gasteiger partial charge in [0.2, 0.25) is 11.1 Å². The molecule has 1 atom stereocenters. The Balaban J connectivity index is 1.73. The van der Waals surface area contributed by atoms with E-state index in [9.17, 15) is 4.79 Å². The predicted molar refractivity (Wildman–Crippen MR) is 87.2 cm³/mol. The normalized spacial score (nSPS) is 18.4. The first kappa shape index (κ1) is 16.0. The standard InChI is InChI=1S/C14H21N7OS/c1-9(2)8-21-14(15-17-18-21)23-11-5-6-20(13(11)22)12-7-10(3)16-19(12)4/h7,9,11H,5-6,8H2,1-4H3/t11-/m0/s1. The van der Waals surface area contributed by atoms with Gasteiger partial charge in [0.05, 0.1) is 10.9 Å². The number of amides is 1. The van der Waals surface area contributed by atoms with E-state index >= 15 is 0 Å². The number of anilines is 1. The molecule has 1 fully saturated rings. The van der Waals surface area contributed by atoms with E-state index in [2.05, 4.69) is 34.5 Å². The Morgan fingerprint density at radius 2 is 2.22 bits per heavy atom. The van der Waals surface area contributed by atoms with Crippen LogP contribution in [0.3, 0.4) is 0 Å². The van der Waals surface area contributed by atoms with Gasteiger partial charge in [0.25, 0.3) is 0 Å². The molecule has 1 aliphatic rings. The van der Waals surface area contributed by atoms with Crippen LogP contribution in [-0.4, -0.2) is 47.7 Å². The maximum absolute atomic E-state index is 12.7. The zero-order chi connectivity index (χ0) is 16.6. The van der Waals surface area contributed by atoms with E-state index in [0.717, 1.165) is 24.5 Å². The van der Waals surface area contributed by atoms with Crippen molar-refractivity contribution in [3.8, 4) is 0 Å². The molecule has 3 heterocycles. The molecule has 0 saturated carbocycles. The third kappa shape index (κ3) is 3.24. The summed E-state index contributed by atoms with van der Waals surface area (Å²) in [5.41, 5.74) is 0.910. The maximum Gasteiger partial charge on any atom is 0.241 e. The number of aryl methyl sites for hydroxylation is 2. The molecule has 0 radical (unpaired) electrons. The van der Waals surface area contributed by atoms with Crippen molar-refractivity contribution in [3.63, 3.8) is 0 Å². The fraction of sp³-hybridized carbons (Fsp3) is 0.643. The molecule has 0 aromatic carbocycles. The van der Waals surface area contributed by atoms with Crippen LogP contribution in [0.15, 0.2) is 11.2 Å². The molecule has 1 aliphatic heterocycles. The Hall–Kier alpha value is -1.90. The van der Waals surface area contributed by atoms with Gasteiger partial charge >= 0.3 is 0 Å². The first-order chi connectivity index (χ1) is 11.0. The van der Waals surface area contributed by atoms with E-state index in [1.807, 2.05) is 20.0 Å². The van der Waals surface area contributed by atoms with Gasteiger partial charge in [-0.2, -0.15) is 5.10 Å². The average molecular weight is 335 g/mol. The second kappa shape index (κ2) is 6.31. The smallest absolute Gasteiger partial charge is 0.241 e.